The van der Waals surface area contributed by atoms with Crippen molar-refractivity contribution in [2.24, 2.45) is 22.7 Å². The second-order valence-corrected chi connectivity index (χ2v) is 5.90. The van der Waals surface area contributed by atoms with E-state index in [0.29, 0.717) is 0 Å². The van der Waals surface area contributed by atoms with Crippen LogP contribution in [-0.4, -0.2) is 36.3 Å². The lowest BCUT2D eigenvalue weighted by Gasteiger charge is -2.37. The SMILES string of the molecule is C1=CC2C3CCCC4CN=CCN(C2C1)C43. The summed E-state index contributed by atoms with van der Waals surface area (Å²) in [7, 11) is 0. The van der Waals surface area contributed by atoms with Gasteiger partial charge in [-0.25, -0.2) is 0 Å². The van der Waals surface area contributed by atoms with Crippen LogP contribution in [0.15, 0.2) is 17.1 Å². The van der Waals surface area contributed by atoms with E-state index in [-0.39, 0.29) is 0 Å². The molecule has 0 aromatic heterocycles. The Labute approximate surface area is 97.4 Å². The van der Waals surface area contributed by atoms with E-state index in [0.717, 1.165) is 42.9 Å². The molecule has 1 saturated heterocycles. The highest BCUT2D eigenvalue weighted by Crippen LogP contribution is 2.49. The van der Waals surface area contributed by atoms with E-state index < -0.39 is 0 Å². The third-order valence-electron chi connectivity index (χ3n) is 5.28. The summed E-state index contributed by atoms with van der Waals surface area (Å²) in [4.78, 5) is 7.39. The summed E-state index contributed by atoms with van der Waals surface area (Å²) in [5, 5.41) is 0. The molecule has 0 aromatic rings. The van der Waals surface area contributed by atoms with E-state index >= 15 is 0 Å². The van der Waals surface area contributed by atoms with Crippen LogP contribution < -0.4 is 0 Å². The van der Waals surface area contributed by atoms with Crippen molar-refractivity contribution < 1.29 is 0 Å². The molecular weight excluding hydrogens is 196 g/mol. The standard InChI is InChI=1S/C14H20N2/c1-3-10-9-15-7-8-16-13-6-2-4-11(13)12(5-1)14(10)16/h2,4,7,10-14H,1,3,5-6,8-9H2. The summed E-state index contributed by atoms with van der Waals surface area (Å²) in [5.74, 6) is 2.68. The van der Waals surface area contributed by atoms with Crippen LogP contribution in [0.25, 0.3) is 0 Å². The highest BCUT2D eigenvalue weighted by molar-refractivity contribution is 5.60. The molecule has 2 heterocycles. The van der Waals surface area contributed by atoms with Crippen LogP contribution in [0.3, 0.4) is 0 Å². The van der Waals surface area contributed by atoms with Gasteiger partial charge in [-0.15, -0.1) is 0 Å². The molecule has 0 aromatic carbocycles. The van der Waals surface area contributed by atoms with Crippen molar-refractivity contribution in [1.29, 1.82) is 0 Å². The first-order valence-corrected chi connectivity index (χ1v) is 6.86. The van der Waals surface area contributed by atoms with E-state index in [1.54, 1.807) is 0 Å². The van der Waals surface area contributed by atoms with Gasteiger partial charge in [-0.2, -0.15) is 0 Å². The summed E-state index contributed by atoms with van der Waals surface area (Å²) < 4.78 is 0. The van der Waals surface area contributed by atoms with Gasteiger partial charge in [0.25, 0.3) is 0 Å². The Kier molecular flexibility index (Phi) is 2.02. The Hall–Kier alpha value is -0.630. The lowest BCUT2D eigenvalue weighted by molar-refractivity contribution is 0.123. The highest BCUT2D eigenvalue weighted by atomic mass is 15.2. The molecule has 2 heteroatoms. The van der Waals surface area contributed by atoms with Gasteiger partial charge in [-0.3, -0.25) is 9.89 Å². The van der Waals surface area contributed by atoms with Gasteiger partial charge < -0.3 is 0 Å². The molecule has 2 aliphatic heterocycles. The average molecular weight is 216 g/mol. The first kappa shape index (κ1) is 9.41. The first-order valence-electron chi connectivity index (χ1n) is 6.86. The van der Waals surface area contributed by atoms with Gasteiger partial charge >= 0.3 is 0 Å². The molecule has 5 atom stereocenters. The number of nitrogens with zero attached hydrogens (tertiary/aromatic N) is 2. The van der Waals surface area contributed by atoms with Crippen molar-refractivity contribution >= 4 is 6.21 Å². The Bertz CT molecular complexity index is 347. The fourth-order valence-corrected chi connectivity index (χ4v) is 4.73. The fraction of sp³-hybridized carbons (Fsp3) is 0.786. The summed E-state index contributed by atoms with van der Waals surface area (Å²) >= 11 is 0. The van der Waals surface area contributed by atoms with Gasteiger partial charge in [0, 0.05) is 31.4 Å². The zero-order chi connectivity index (χ0) is 10.5. The van der Waals surface area contributed by atoms with Crippen molar-refractivity contribution in [1.82, 2.24) is 4.90 Å². The minimum absolute atomic E-state index is 0.820. The normalized spacial score (nSPS) is 50.1. The second-order valence-electron chi connectivity index (χ2n) is 5.90. The van der Waals surface area contributed by atoms with Gasteiger partial charge in [0.15, 0.2) is 0 Å². The minimum atomic E-state index is 0.820. The van der Waals surface area contributed by atoms with Crippen LogP contribution in [0.1, 0.15) is 25.7 Å². The monoisotopic (exact) mass is 216 g/mol. The van der Waals surface area contributed by atoms with Crippen LogP contribution in [0, 0.1) is 17.8 Å². The van der Waals surface area contributed by atoms with Crippen LogP contribution in [0.4, 0.5) is 0 Å². The molecule has 5 unspecified atom stereocenters. The Morgan fingerprint density at radius 1 is 1.25 bits per heavy atom. The van der Waals surface area contributed by atoms with Crippen molar-refractivity contribution in [3.63, 3.8) is 0 Å². The Balaban J connectivity index is 1.74. The summed E-state index contributed by atoms with van der Waals surface area (Å²) in [6.45, 7) is 2.21. The van der Waals surface area contributed by atoms with E-state index in [1.807, 2.05) is 0 Å². The quantitative estimate of drug-likeness (QED) is 0.566. The van der Waals surface area contributed by atoms with E-state index in [9.17, 15) is 0 Å². The lowest BCUT2D eigenvalue weighted by Crippen LogP contribution is -2.44. The van der Waals surface area contributed by atoms with Crippen LogP contribution in [0.2, 0.25) is 0 Å². The van der Waals surface area contributed by atoms with Gasteiger partial charge in [0.2, 0.25) is 0 Å². The predicted molar refractivity (Wildman–Crippen MR) is 65.7 cm³/mol. The Morgan fingerprint density at radius 2 is 2.25 bits per heavy atom. The van der Waals surface area contributed by atoms with E-state index in [4.69, 9.17) is 0 Å². The number of aliphatic imine (C=N–C) groups is 1. The molecule has 2 fully saturated rings. The number of fused-ring (bicyclic) bond motifs is 3. The lowest BCUT2D eigenvalue weighted by atomic mass is 9.74. The largest absolute Gasteiger partial charge is 0.296 e. The Morgan fingerprint density at radius 3 is 3.25 bits per heavy atom. The number of hydrogen-bond acceptors (Lipinski definition) is 2. The van der Waals surface area contributed by atoms with Gasteiger partial charge in [0.05, 0.1) is 0 Å². The topological polar surface area (TPSA) is 15.6 Å². The van der Waals surface area contributed by atoms with E-state index in [1.165, 1.54) is 25.7 Å². The first-order chi connectivity index (χ1) is 7.95. The third kappa shape index (κ3) is 1.14. The average Bonchev–Trinajstić information content (AvgIpc) is 2.80. The predicted octanol–water partition coefficient (Wildman–Crippen LogP) is 2.12. The molecule has 0 bridgehead atoms. The molecule has 4 rings (SSSR count). The van der Waals surface area contributed by atoms with Crippen molar-refractivity contribution in [3.8, 4) is 0 Å². The molecule has 1 saturated carbocycles. The molecular formula is C14H20N2. The molecule has 4 aliphatic rings. The third-order valence-corrected chi connectivity index (χ3v) is 5.28. The molecule has 2 aliphatic carbocycles. The smallest absolute Gasteiger partial charge is 0.0429 e. The molecule has 86 valence electrons. The van der Waals surface area contributed by atoms with Crippen molar-refractivity contribution in [2.45, 2.75) is 37.8 Å². The maximum Gasteiger partial charge on any atom is 0.0429 e. The van der Waals surface area contributed by atoms with Gasteiger partial charge in [0.1, 0.15) is 0 Å². The van der Waals surface area contributed by atoms with Crippen molar-refractivity contribution in [2.75, 3.05) is 13.1 Å². The summed E-state index contributed by atoms with van der Waals surface area (Å²) in [5.41, 5.74) is 0. The summed E-state index contributed by atoms with van der Waals surface area (Å²) in [6.07, 6.45) is 12.7. The van der Waals surface area contributed by atoms with Gasteiger partial charge in [-0.1, -0.05) is 18.6 Å². The zero-order valence-corrected chi connectivity index (χ0v) is 9.76. The van der Waals surface area contributed by atoms with Crippen LogP contribution in [0.5, 0.6) is 0 Å². The van der Waals surface area contributed by atoms with Crippen LogP contribution in [-0.2, 0) is 0 Å². The molecule has 0 amide bonds. The number of rotatable bonds is 0. The minimum Gasteiger partial charge on any atom is -0.296 e. The maximum atomic E-state index is 4.60. The number of hydrogen-bond donors (Lipinski definition) is 0. The molecule has 16 heavy (non-hydrogen) atoms. The highest BCUT2D eigenvalue weighted by Gasteiger charge is 2.52. The molecule has 0 radical (unpaired) electrons. The van der Waals surface area contributed by atoms with Crippen LogP contribution >= 0.6 is 0 Å². The second kappa shape index (κ2) is 3.43. The molecule has 2 nitrogen and oxygen atoms in total. The summed E-state index contributed by atoms with van der Waals surface area (Å²) in [6, 6.07) is 1.68. The van der Waals surface area contributed by atoms with Crippen molar-refractivity contribution in [3.05, 3.63) is 12.2 Å². The zero-order valence-electron chi connectivity index (χ0n) is 9.76. The fourth-order valence-electron chi connectivity index (χ4n) is 4.73. The van der Waals surface area contributed by atoms with Gasteiger partial charge in [-0.05, 0) is 37.0 Å². The molecule has 0 N–H and O–H groups in total. The maximum absolute atomic E-state index is 4.60. The van der Waals surface area contributed by atoms with E-state index in [2.05, 4.69) is 28.3 Å². The molecule has 0 spiro atoms.